The molecule has 6 nitrogen and oxygen atoms in total. The fourth-order valence-corrected chi connectivity index (χ4v) is 5.96. The van der Waals surface area contributed by atoms with Gasteiger partial charge in [-0.3, -0.25) is 4.99 Å². The first-order valence-electron chi connectivity index (χ1n) is 15.3. The second-order valence-electron chi connectivity index (χ2n) is 10.1. The maximum absolute atomic E-state index is 5.55. The molecule has 0 saturated carbocycles. The highest BCUT2D eigenvalue weighted by atomic mass is 33.1. The van der Waals surface area contributed by atoms with Crippen LogP contribution in [-0.2, 0) is 0 Å². The van der Waals surface area contributed by atoms with Crippen molar-refractivity contribution in [3.05, 3.63) is 120 Å². The maximum atomic E-state index is 5.55. The van der Waals surface area contributed by atoms with Crippen molar-refractivity contribution in [2.75, 3.05) is 68.0 Å². The molecule has 0 amide bonds. The van der Waals surface area contributed by atoms with Gasteiger partial charge >= 0.3 is 0 Å². The first-order valence-corrected chi connectivity index (χ1v) is 17.8. The van der Waals surface area contributed by atoms with Gasteiger partial charge in [0.1, 0.15) is 0 Å². The summed E-state index contributed by atoms with van der Waals surface area (Å²) in [5.41, 5.74) is 18.0. The van der Waals surface area contributed by atoms with Gasteiger partial charge in [0.25, 0.3) is 0 Å². The summed E-state index contributed by atoms with van der Waals surface area (Å²) in [6.07, 6.45) is 22.9. The number of anilines is 2. The number of aliphatic imine (C=N–C) groups is 1. The summed E-state index contributed by atoms with van der Waals surface area (Å²) in [6.45, 7) is 9.92. The standard InChI is InChI=1S/C36H48N6S2/c1-2-31(5-6-32-9-13-35(14-10-32)40-22-3-20-37)17-24-39-25-29-43-44-30-28-42-26-18-34(19-27-42)8-7-33-11-15-36(16-12-33)41-23-4-21-38/h2,5-19,24,26,40-41H,1,3-4,20-23,25,27-30,37-38H2/b6-5+,8-7+,31-17+,39-24?. The Balaban J connectivity index is 1.25. The number of hydrogen-bond donors (Lipinski definition) is 4. The Labute approximate surface area is 272 Å². The van der Waals surface area contributed by atoms with Crippen LogP contribution in [0.25, 0.3) is 12.2 Å². The Hall–Kier alpha value is -3.43. The van der Waals surface area contributed by atoms with Crippen LogP contribution in [0.4, 0.5) is 11.4 Å². The number of nitrogens with two attached hydrogens (primary N) is 2. The van der Waals surface area contributed by atoms with E-state index >= 15 is 0 Å². The van der Waals surface area contributed by atoms with Crippen molar-refractivity contribution in [1.82, 2.24) is 4.90 Å². The quantitative estimate of drug-likeness (QED) is 0.0501. The highest BCUT2D eigenvalue weighted by molar-refractivity contribution is 8.76. The zero-order valence-electron chi connectivity index (χ0n) is 25.7. The number of nitrogens with one attached hydrogen (secondary N) is 2. The minimum atomic E-state index is 0.702. The van der Waals surface area contributed by atoms with Crippen molar-refractivity contribution >= 4 is 51.3 Å². The molecular weight excluding hydrogens is 581 g/mol. The van der Waals surface area contributed by atoms with E-state index in [2.05, 4.69) is 118 Å². The topological polar surface area (TPSA) is 91.7 Å². The molecule has 2 aromatic rings. The van der Waals surface area contributed by atoms with Gasteiger partial charge in [-0.15, -0.1) is 0 Å². The summed E-state index contributed by atoms with van der Waals surface area (Å²) in [5.74, 6) is 2.08. The van der Waals surface area contributed by atoms with Crippen molar-refractivity contribution in [1.29, 1.82) is 0 Å². The zero-order chi connectivity index (χ0) is 31.1. The molecule has 0 radical (unpaired) electrons. The number of nitrogens with zero attached hydrogens (tertiary/aromatic N) is 2. The van der Waals surface area contributed by atoms with E-state index in [-0.39, 0.29) is 0 Å². The van der Waals surface area contributed by atoms with E-state index in [0.717, 1.165) is 79.6 Å². The van der Waals surface area contributed by atoms with E-state index in [9.17, 15) is 0 Å². The van der Waals surface area contributed by atoms with Gasteiger partial charge in [0.15, 0.2) is 0 Å². The third-order valence-electron chi connectivity index (χ3n) is 6.67. The second-order valence-corrected chi connectivity index (χ2v) is 12.8. The first kappa shape index (κ1) is 35.1. The summed E-state index contributed by atoms with van der Waals surface area (Å²) in [4.78, 5) is 6.89. The number of rotatable bonds is 21. The van der Waals surface area contributed by atoms with Crippen LogP contribution in [0.5, 0.6) is 0 Å². The van der Waals surface area contributed by atoms with Gasteiger partial charge in [0, 0.05) is 61.8 Å². The molecule has 0 saturated heterocycles. The second kappa shape index (κ2) is 22.1. The van der Waals surface area contributed by atoms with Gasteiger partial charge in [-0.1, -0.05) is 88.9 Å². The Bertz CT molecular complexity index is 1280. The predicted molar refractivity (Wildman–Crippen MR) is 201 cm³/mol. The van der Waals surface area contributed by atoms with Crippen molar-refractivity contribution in [2.45, 2.75) is 12.8 Å². The Morgan fingerprint density at radius 1 is 0.864 bits per heavy atom. The van der Waals surface area contributed by atoms with E-state index in [4.69, 9.17) is 11.5 Å². The van der Waals surface area contributed by atoms with Crippen LogP contribution in [0.1, 0.15) is 24.0 Å². The largest absolute Gasteiger partial charge is 0.385 e. The minimum Gasteiger partial charge on any atom is -0.385 e. The summed E-state index contributed by atoms with van der Waals surface area (Å²) < 4.78 is 0. The van der Waals surface area contributed by atoms with E-state index in [1.165, 1.54) is 11.1 Å². The minimum absolute atomic E-state index is 0.702. The van der Waals surface area contributed by atoms with Crippen LogP contribution in [-0.4, -0.2) is 68.4 Å². The van der Waals surface area contributed by atoms with Crippen molar-refractivity contribution in [2.24, 2.45) is 16.5 Å². The molecule has 0 aliphatic carbocycles. The molecule has 0 unspecified atom stereocenters. The van der Waals surface area contributed by atoms with E-state index in [1.807, 2.05) is 40.0 Å². The highest BCUT2D eigenvalue weighted by Gasteiger charge is 2.03. The van der Waals surface area contributed by atoms with Gasteiger partial charge in [0.05, 0.1) is 0 Å². The Morgan fingerprint density at radius 2 is 1.50 bits per heavy atom. The lowest BCUT2D eigenvalue weighted by Gasteiger charge is -2.21. The average Bonchev–Trinajstić information content (AvgIpc) is 3.06. The fourth-order valence-electron chi connectivity index (χ4n) is 4.08. The molecule has 1 heterocycles. The van der Waals surface area contributed by atoms with Gasteiger partial charge in [-0.25, -0.2) is 0 Å². The molecule has 3 rings (SSSR count). The van der Waals surface area contributed by atoms with Gasteiger partial charge in [0.2, 0.25) is 0 Å². The molecule has 2 aromatic carbocycles. The molecular formula is C36H48N6S2. The summed E-state index contributed by atoms with van der Waals surface area (Å²) in [7, 11) is 3.79. The highest BCUT2D eigenvalue weighted by Crippen LogP contribution is 2.21. The Kier molecular flexibility index (Phi) is 17.6. The van der Waals surface area contributed by atoms with E-state index in [0.29, 0.717) is 13.1 Å². The summed E-state index contributed by atoms with van der Waals surface area (Å²) in [5, 5.41) is 6.76. The van der Waals surface area contributed by atoms with Crippen LogP contribution in [0.2, 0.25) is 0 Å². The van der Waals surface area contributed by atoms with Crippen LogP contribution in [0.15, 0.2) is 114 Å². The monoisotopic (exact) mass is 628 g/mol. The van der Waals surface area contributed by atoms with E-state index in [1.54, 1.807) is 0 Å². The molecule has 0 bridgehead atoms. The van der Waals surface area contributed by atoms with Gasteiger partial charge in [-0.2, -0.15) is 0 Å². The third-order valence-corrected chi connectivity index (χ3v) is 9.04. The van der Waals surface area contributed by atoms with Crippen molar-refractivity contribution < 1.29 is 0 Å². The van der Waals surface area contributed by atoms with E-state index < -0.39 is 0 Å². The number of benzene rings is 2. The molecule has 6 N–H and O–H groups in total. The molecule has 234 valence electrons. The Morgan fingerprint density at radius 3 is 2.09 bits per heavy atom. The lowest BCUT2D eigenvalue weighted by Crippen LogP contribution is -2.22. The molecule has 0 atom stereocenters. The van der Waals surface area contributed by atoms with Crippen LogP contribution in [0, 0.1) is 0 Å². The smallest absolute Gasteiger partial charge is 0.0488 e. The van der Waals surface area contributed by atoms with Crippen molar-refractivity contribution in [3.63, 3.8) is 0 Å². The molecule has 0 fully saturated rings. The lowest BCUT2D eigenvalue weighted by molar-refractivity contribution is 0.438. The molecule has 8 heteroatoms. The fraction of sp³-hybridized carbons (Fsp3) is 0.306. The molecule has 0 spiro atoms. The lowest BCUT2D eigenvalue weighted by atomic mass is 10.1. The van der Waals surface area contributed by atoms with Crippen LogP contribution in [0.3, 0.4) is 0 Å². The molecule has 1 aliphatic heterocycles. The predicted octanol–water partition coefficient (Wildman–Crippen LogP) is 7.25. The van der Waals surface area contributed by atoms with Gasteiger partial charge in [-0.05, 0) is 90.8 Å². The van der Waals surface area contributed by atoms with Gasteiger partial charge < -0.3 is 27.0 Å². The third kappa shape index (κ3) is 14.8. The number of hydrogen-bond acceptors (Lipinski definition) is 8. The SMILES string of the molecule is C=CC(/C=C/c1ccc(NCCCN)cc1)=C\C=NCCSSCCN1C=CC(/C=C/c2ccc(NCCCN)cc2)=CC1. The van der Waals surface area contributed by atoms with Crippen molar-refractivity contribution in [3.8, 4) is 0 Å². The summed E-state index contributed by atoms with van der Waals surface area (Å²) in [6, 6.07) is 16.9. The van der Waals surface area contributed by atoms with Crippen LogP contribution >= 0.6 is 21.6 Å². The normalized spacial score (nSPS) is 13.7. The maximum Gasteiger partial charge on any atom is 0.0488 e. The average molecular weight is 629 g/mol. The molecule has 0 aromatic heterocycles. The first-order chi connectivity index (χ1) is 21.7. The molecule has 44 heavy (non-hydrogen) atoms. The van der Waals surface area contributed by atoms with Crippen LogP contribution < -0.4 is 22.1 Å². The number of allylic oxidation sites excluding steroid dienone is 7. The summed E-state index contributed by atoms with van der Waals surface area (Å²) >= 11 is 0. The zero-order valence-corrected chi connectivity index (χ0v) is 27.4. The molecule has 1 aliphatic rings.